The molecule has 5 heteroatoms. The molecule has 0 bridgehead atoms. The molecule has 0 radical (unpaired) electrons. The van der Waals surface area contributed by atoms with Crippen LogP contribution in [0.5, 0.6) is 11.5 Å². The van der Waals surface area contributed by atoms with E-state index in [-0.39, 0.29) is 16.9 Å². The molecule has 1 fully saturated rings. The van der Waals surface area contributed by atoms with Gasteiger partial charge in [0.15, 0.2) is 5.79 Å². The van der Waals surface area contributed by atoms with Gasteiger partial charge in [-0.1, -0.05) is 76.2 Å². The minimum Gasteiger partial charge on any atom is -0.494 e. The zero-order valence-electron chi connectivity index (χ0n) is 25.9. The first-order valence-electron chi connectivity index (χ1n) is 14.3. The molecule has 0 N–H and O–H groups in total. The molecular formula is C35H48O5. The largest absolute Gasteiger partial charge is 0.494 e. The van der Waals surface area contributed by atoms with Crippen LogP contribution in [0, 0.1) is 0 Å². The van der Waals surface area contributed by atoms with Crippen molar-refractivity contribution in [3.63, 3.8) is 0 Å². The second-order valence-electron chi connectivity index (χ2n) is 11.7. The first-order chi connectivity index (χ1) is 18.9. The van der Waals surface area contributed by atoms with E-state index in [1.807, 2.05) is 39.8 Å². The lowest BCUT2D eigenvalue weighted by atomic mass is 9.73. The highest BCUT2D eigenvalue weighted by Gasteiger charge is 2.33. The van der Waals surface area contributed by atoms with E-state index in [0.717, 1.165) is 18.1 Å². The van der Waals surface area contributed by atoms with Crippen LogP contribution in [0.25, 0.3) is 0 Å². The van der Waals surface area contributed by atoms with Gasteiger partial charge in [0.1, 0.15) is 24.2 Å². The molecule has 5 nitrogen and oxygen atoms in total. The minimum absolute atomic E-state index is 0.0439. The lowest BCUT2D eigenvalue weighted by Gasteiger charge is -2.31. The Bertz CT molecular complexity index is 1180. The maximum Gasteiger partial charge on any atom is 0.163 e. The summed E-state index contributed by atoms with van der Waals surface area (Å²) in [5.74, 6) is 1.22. The summed E-state index contributed by atoms with van der Waals surface area (Å²) in [6.07, 6.45) is -0.0439. The number of benzene rings is 3. The number of rotatable bonds is 10. The first-order valence-corrected chi connectivity index (χ1v) is 14.3. The normalized spacial score (nSPS) is 16.7. The van der Waals surface area contributed by atoms with Crippen molar-refractivity contribution in [1.82, 2.24) is 0 Å². The third-order valence-electron chi connectivity index (χ3n) is 7.56. The van der Waals surface area contributed by atoms with Gasteiger partial charge < -0.3 is 23.7 Å². The van der Waals surface area contributed by atoms with Crippen LogP contribution in [0.15, 0.2) is 72.8 Å². The quantitative estimate of drug-likeness (QED) is 0.258. The maximum atomic E-state index is 5.98. The van der Waals surface area contributed by atoms with Gasteiger partial charge in [0.2, 0.25) is 0 Å². The number of ether oxygens (including phenoxy) is 5. The van der Waals surface area contributed by atoms with Crippen molar-refractivity contribution in [2.75, 3.05) is 33.5 Å². The highest BCUT2D eigenvalue weighted by atomic mass is 16.7. The fourth-order valence-electron chi connectivity index (χ4n) is 4.77. The van der Waals surface area contributed by atoms with E-state index < -0.39 is 5.79 Å². The van der Waals surface area contributed by atoms with E-state index in [1.165, 1.54) is 22.3 Å². The summed E-state index contributed by atoms with van der Waals surface area (Å²) in [4.78, 5) is 0. The van der Waals surface area contributed by atoms with Crippen molar-refractivity contribution in [1.29, 1.82) is 0 Å². The molecular weight excluding hydrogens is 500 g/mol. The SMILES string of the molecule is CCOC.CCOc1ccc(C(C)(C)c2cccc(C(C)(C)c3ccc(OCC4COC(C)(C)O4)cc3)c2)cc1. The van der Waals surface area contributed by atoms with E-state index in [0.29, 0.717) is 19.8 Å². The summed E-state index contributed by atoms with van der Waals surface area (Å²) in [7, 11) is 1.68. The Morgan fingerprint density at radius 3 is 1.60 bits per heavy atom. The molecule has 1 aliphatic heterocycles. The van der Waals surface area contributed by atoms with Gasteiger partial charge >= 0.3 is 0 Å². The van der Waals surface area contributed by atoms with Gasteiger partial charge in [-0.15, -0.1) is 0 Å². The molecule has 3 aromatic carbocycles. The van der Waals surface area contributed by atoms with Crippen molar-refractivity contribution in [2.45, 2.75) is 78.1 Å². The van der Waals surface area contributed by atoms with Gasteiger partial charge in [-0.25, -0.2) is 0 Å². The molecule has 1 heterocycles. The Morgan fingerprint density at radius 1 is 0.725 bits per heavy atom. The summed E-state index contributed by atoms with van der Waals surface area (Å²) < 4.78 is 27.6. The zero-order valence-corrected chi connectivity index (χ0v) is 25.9. The number of hydrogen-bond acceptors (Lipinski definition) is 5. The number of methoxy groups -OCH3 is 1. The molecule has 3 aromatic rings. The van der Waals surface area contributed by atoms with Crippen LogP contribution in [0.1, 0.15) is 77.6 Å². The Morgan fingerprint density at radius 2 is 1.20 bits per heavy atom. The van der Waals surface area contributed by atoms with Gasteiger partial charge in [-0.05, 0) is 74.2 Å². The maximum absolute atomic E-state index is 5.98. The van der Waals surface area contributed by atoms with Gasteiger partial charge in [0.25, 0.3) is 0 Å². The fraction of sp³-hybridized carbons (Fsp3) is 0.486. The van der Waals surface area contributed by atoms with Crippen molar-refractivity contribution in [3.8, 4) is 11.5 Å². The Kier molecular flexibility index (Phi) is 10.8. The van der Waals surface area contributed by atoms with E-state index in [4.69, 9.17) is 18.9 Å². The van der Waals surface area contributed by atoms with Gasteiger partial charge in [-0.3, -0.25) is 0 Å². The summed E-state index contributed by atoms with van der Waals surface area (Å²) in [5, 5.41) is 0. The molecule has 1 atom stereocenters. The fourth-order valence-corrected chi connectivity index (χ4v) is 4.77. The van der Waals surface area contributed by atoms with E-state index in [2.05, 4.69) is 93.1 Å². The van der Waals surface area contributed by atoms with Crippen LogP contribution in [0.3, 0.4) is 0 Å². The number of hydrogen-bond donors (Lipinski definition) is 0. The van der Waals surface area contributed by atoms with Crippen LogP contribution in [-0.4, -0.2) is 45.4 Å². The molecule has 0 spiro atoms. The zero-order chi connectivity index (χ0) is 29.4. The molecule has 0 aromatic heterocycles. The second-order valence-corrected chi connectivity index (χ2v) is 11.7. The predicted molar refractivity (Wildman–Crippen MR) is 163 cm³/mol. The third-order valence-corrected chi connectivity index (χ3v) is 7.56. The molecule has 1 saturated heterocycles. The van der Waals surface area contributed by atoms with E-state index in [1.54, 1.807) is 7.11 Å². The monoisotopic (exact) mass is 548 g/mol. The Labute approximate surface area is 241 Å². The molecule has 218 valence electrons. The average Bonchev–Trinajstić information content (AvgIpc) is 3.31. The molecule has 0 amide bonds. The molecule has 4 rings (SSSR count). The topological polar surface area (TPSA) is 46.2 Å². The molecule has 0 aliphatic carbocycles. The van der Waals surface area contributed by atoms with E-state index in [9.17, 15) is 0 Å². The molecule has 1 unspecified atom stereocenters. The molecule has 0 saturated carbocycles. The van der Waals surface area contributed by atoms with Crippen LogP contribution in [0.4, 0.5) is 0 Å². The van der Waals surface area contributed by atoms with E-state index >= 15 is 0 Å². The van der Waals surface area contributed by atoms with Gasteiger partial charge in [0.05, 0.1) is 13.2 Å². The predicted octanol–water partition coefficient (Wildman–Crippen LogP) is 7.92. The van der Waals surface area contributed by atoms with Crippen molar-refractivity contribution >= 4 is 0 Å². The molecule has 40 heavy (non-hydrogen) atoms. The van der Waals surface area contributed by atoms with Gasteiger partial charge in [0, 0.05) is 24.5 Å². The Hall–Kier alpha value is -2.86. The van der Waals surface area contributed by atoms with Crippen LogP contribution >= 0.6 is 0 Å². The highest BCUT2D eigenvalue weighted by Crippen LogP contribution is 2.37. The highest BCUT2D eigenvalue weighted by molar-refractivity contribution is 5.46. The van der Waals surface area contributed by atoms with Gasteiger partial charge in [-0.2, -0.15) is 0 Å². The average molecular weight is 549 g/mol. The van der Waals surface area contributed by atoms with Crippen molar-refractivity contribution < 1.29 is 23.7 Å². The standard InChI is InChI=1S/C32H40O4.C3H8O/c1-8-33-27-16-12-23(13-17-27)30(2,3)25-10-9-11-26(20-25)31(4,5)24-14-18-28(19-15-24)34-21-29-22-35-32(6,7)36-29;1-3-4-2/h9-20,29H,8,21-22H2,1-7H3;3H2,1-2H3. The van der Waals surface area contributed by atoms with Crippen molar-refractivity contribution in [2.24, 2.45) is 0 Å². The first kappa shape index (κ1) is 31.7. The van der Waals surface area contributed by atoms with Crippen molar-refractivity contribution in [3.05, 3.63) is 95.1 Å². The van der Waals surface area contributed by atoms with Crippen LogP contribution in [0.2, 0.25) is 0 Å². The summed E-state index contributed by atoms with van der Waals surface area (Å²) >= 11 is 0. The second kappa shape index (κ2) is 13.7. The smallest absolute Gasteiger partial charge is 0.163 e. The summed E-state index contributed by atoms with van der Waals surface area (Å²) in [5.41, 5.74) is 4.80. The lowest BCUT2D eigenvalue weighted by molar-refractivity contribution is -0.141. The molecule has 1 aliphatic rings. The summed E-state index contributed by atoms with van der Waals surface area (Å²) in [6.45, 7) is 19.5. The minimum atomic E-state index is -0.530. The summed E-state index contributed by atoms with van der Waals surface area (Å²) in [6, 6.07) is 25.9. The third kappa shape index (κ3) is 8.09. The van der Waals surface area contributed by atoms with Crippen LogP contribution < -0.4 is 9.47 Å². The van der Waals surface area contributed by atoms with Crippen LogP contribution in [-0.2, 0) is 25.0 Å². The lowest BCUT2D eigenvalue weighted by Crippen LogP contribution is -2.25. The Balaban J connectivity index is 0.00000103.